The molecule has 52 heavy (non-hydrogen) atoms. The maximum absolute atomic E-state index is 15.2. The van der Waals surface area contributed by atoms with Gasteiger partial charge in [-0.15, -0.1) is 0 Å². The van der Waals surface area contributed by atoms with Crippen LogP contribution in [0.15, 0.2) is 79.0 Å². The molecular weight excluding hydrogens is 651 g/mol. The first kappa shape index (κ1) is 35.3. The second-order valence-electron chi connectivity index (χ2n) is 15.0. The summed E-state index contributed by atoms with van der Waals surface area (Å²) in [7, 11) is 6.86. The van der Waals surface area contributed by atoms with Gasteiger partial charge in [-0.2, -0.15) is 5.10 Å². The third-order valence-corrected chi connectivity index (χ3v) is 10.9. The molecule has 0 spiro atoms. The zero-order valence-electron chi connectivity index (χ0n) is 31.3. The number of methoxy groups -OCH3 is 3. The quantitative estimate of drug-likeness (QED) is 0.163. The summed E-state index contributed by atoms with van der Waals surface area (Å²) in [5.41, 5.74) is 7.86. The van der Waals surface area contributed by atoms with Gasteiger partial charge < -0.3 is 19.1 Å². The molecule has 1 fully saturated rings. The number of pyridine rings is 1. The van der Waals surface area contributed by atoms with Gasteiger partial charge in [-0.25, -0.2) is 4.98 Å². The van der Waals surface area contributed by atoms with Gasteiger partial charge in [0.1, 0.15) is 0 Å². The molecule has 7 rings (SSSR count). The van der Waals surface area contributed by atoms with Crippen molar-refractivity contribution < 1.29 is 19.0 Å². The zero-order valence-corrected chi connectivity index (χ0v) is 31.3. The van der Waals surface area contributed by atoms with E-state index in [9.17, 15) is 0 Å². The standard InChI is InChI=1S/C43H49N5O4/c1-43(2,3)31-24-30(21-29-22-37(50-5)41(52-7)38(23-29)51-6)40-33(25-31)39(32-15-11-12-16-34(32)45-40)42(49)48-20-19-47(26-28-13-9-8-10-14-28)36(27-48)35-17-18-44-46(35)4/h8-18,21-23,31,36H,19-20,24-27H2,1-7H3/b30-21-. The lowest BCUT2D eigenvalue weighted by Gasteiger charge is -2.42. The van der Waals surface area contributed by atoms with Gasteiger partial charge in [0.05, 0.1) is 49.8 Å². The van der Waals surface area contributed by atoms with E-state index < -0.39 is 0 Å². The summed E-state index contributed by atoms with van der Waals surface area (Å²) in [6.07, 6.45) is 5.62. The summed E-state index contributed by atoms with van der Waals surface area (Å²) in [4.78, 5) is 25.0. The number of carbonyl (C=O) groups is 1. The molecule has 2 aliphatic rings. The predicted molar refractivity (Wildman–Crippen MR) is 206 cm³/mol. The number of piperazine rings is 1. The minimum atomic E-state index is -0.00821. The third-order valence-electron chi connectivity index (χ3n) is 10.9. The van der Waals surface area contributed by atoms with Gasteiger partial charge in [-0.3, -0.25) is 14.4 Å². The van der Waals surface area contributed by atoms with Gasteiger partial charge >= 0.3 is 0 Å². The molecule has 3 heterocycles. The average Bonchev–Trinajstić information content (AvgIpc) is 3.58. The van der Waals surface area contributed by atoms with Crippen LogP contribution in [0.3, 0.4) is 0 Å². The van der Waals surface area contributed by atoms with Gasteiger partial charge in [0.2, 0.25) is 5.75 Å². The number of hydrogen-bond donors (Lipinski definition) is 0. The molecule has 1 saturated heterocycles. The molecule has 5 aromatic rings. The van der Waals surface area contributed by atoms with Crippen LogP contribution in [0.25, 0.3) is 22.6 Å². The van der Waals surface area contributed by atoms with Crippen molar-refractivity contribution in [2.45, 2.75) is 46.2 Å². The van der Waals surface area contributed by atoms with E-state index in [1.54, 1.807) is 21.3 Å². The molecule has 0 bridgehead atoms. The number of nitrogens with zero attached hydrogens (tertiary/aromatic N) is 5. The smallest absolute Gasteiger partial charge is 0.255 e. The Kier molecular flexibility index (Phi) is 9.81. The number of aryl methyl sites for hydroxylation is 1. The lowest BCUT2D eigenvalue weighted by Crippen LogP contribution is -2.50. The van der Waals surface area contributed by atoms with E-state index in [1.807, 2.05) is 54.3 Å². The Labute approximate surface area is 306 Å². The Balaban J connectivity index is 1.34. The highest BCUT2D eigenvalue weighted by Gasteiger charge is 2.38. The molecule has 2 aromatic heterocycles. The lowest BCUT2D eigenvalue weighted by atomic mass is 9.68. The van der Waals surface area contributed by atoms with Gasteiger partial charge in [0.25, 0.3) is 5.91 Å². The van der Waals surface area contributed by atoms with Gasteiger partial charge in [-0.05, 0) is 76.8 Å². The molecule has 9 heteroatoms. The van der Waals surface area contributed by atoms with E-state index in [4.69, 9.17) is 19.2 Å². The summed E-state index contributed by atoms with van der Waals surface area (Å²) in [5.74, 6) is 2.08. The molecular formula is C43H49N5O4. The van der Waals surface area contributed by atoms with Crippen LogP contribution < -0.4 is 14.2 Å². The van der Waals surface area contributed by atoms with Crippen molar-refractivity contribution in [3.63, 3.8) is 0 Å². The van der Waals surface area contributed by atoms with Gasteiger partial charge in [0, 0.05) is 44.8 Å². The number of carbonyl (C=O) groups excluding carboxylic acids is 1. The van der Waals surface area contributed by atoms with Crippen LogP contribution in [0.4, 0.5) is 0 Å². The Morgan fingerprint density at radius 1 is 0.904 bits per heavy atom. The van der Waals surface area contributed by atoms with E-state index in [1.165, 1.54) is 5.56 Å². The normalized spacial score (nSPS) is 18.8. The molecule has 2 unspecified atom stereocenters. The third kappa shape index (κ3) is 6.77. The monoisotopic (exact) mass is 699 g/mol. The molecule has 0 radical (unpaired) electrons. The molecule has 1 aliphatic heterocycles. The second kappa shape index (κ2) is 14.5. The molecule has 3 aromatic carbocycles. The SMILES string of the molecule is COc1cc(/C=C2/CC(C(C)(C)C)Cc3c2nc2ccccc2c3C(=O)N2CCN(Cc3ccccc3)C(c3ccnn3C)C2)cc(OC)c1OC. The zero-order chi connectivity index (χ0) is 36.6. The molecule has 1 aliphatic carbocycles. The Bertz CT molecular complexity index is 2090. The van der Waals surface area contributed by atoms with Crippen LogP contribution in [0.5, 0.6) is 17.2 Å². The van der Waals surface area contributed by atoms with Crippen molar-refractivity contribution in [3.8, 4) is 17.2 Å². The number of para-hydroxylation sites is 1. The number of rotatable bonds is 8. The van der Waals surface area contributed by atoms with Crippen molar-refractivity contribution in [1.82, 2.24) is 24.6 Å². The van der Waals surface area contributed by atoms with E-state index in [0.717, 1.165) is 70.5 Å². The average molecular weight is 700 g/mol. The maximum Gasteiger partial charge on any atom is 0.255 e. The van der Waals surface area contributed by atoms with E-state index in [-0.39, 0.29) is 23.3 Å². The van der Waals surface area contributed by atoms with Gasteiger partial charge in [0.15, 0.2) is 11.5 Å². The molecule has 0 saturated carbocycles. The van der Waals surface area contributed by atoms with E-state index in [0.29, 0.717) is 30.3 Å². The van der Waals surface area contributed by atoms with Crippen molar-refractivity contribution >= 4 is 28.5 Å². The number of ether oxygens (including phenoxy) is 3. The number of fused-ring (bicyclic) bond motifs is 2. The van der Waals surface area contributed by atoms with Crippen molar-refractivity contribution in [2.24, 2.45) is 18.4 Å². The minimum absolute atomic E-state index is 0.00727. The first-order valence-electron chi connectivity index (χ1n) is 18.1. The topological polar surface area (TPSA) is 82.0 Å². The van der Waals surface area contributed by atoms with Crippen LogP contribution in [-0.2, 0) is 20.0 Å². The largest absolute Gasteiger partial charge is 0.493 e. The fourth-order valence-electron chi connectivity index (χ4n) is 7.93. The minimum Gasteiger partial charge on any atom is -0.493 e. The van der Waals surface area contributed by atoms with Crippen molar-refractivity contribution in [3.05, 3.63) is 113 Å². The summed E-state index contributed by atoms with van der Waals surface area (Å²) >= 11 is 0. The second-order valence-corrected chi connectivity index (χ2v) is 15.0. The molecule has 9 nitrogen and oxygen atoms in total. The first-order chi connectivity index (χ1) is 25.1. The molecule has 270 valence electrons. The van der Waals surface area contributed by atoms with Crippen molar-refractivity contribution in [1.29, 1.82) is 0 Å². The van der Waals surface area contributed by atoms with Crippen LogP contribution in [0, 0.1) is 11.3 Å². The van der Waals surface area contributed by atoms with Gasteiger partial charge in [-0.1, -0.05) is 69.3 Å². The number of benzene rings is 3. The number of aromatic nitrogens is 3. The lowest BCUT2D eigenvalue weighted by molar-refractivity contribution is 0.0438. The summed E-state index contributed by atoms with van der Waals surface area (Å²) in [5, 5.41) is 5.41. The number of amides is 1. The van der Waals surface area contributed by atoms with Crippen LogP contribution >= 0.6 is 0 Å². The maximum atomic E-state index is 15.2. The van der Waals surface area contributed by atoms with E-state index in [2.05, 4.69) is 78.1 Å². The molecule has 2 atom stereocenters. The Morgan fingerprint density at radius 2 is 1.62 bits per heavy atom. The van der Waals surface area contributed by atoms with E-state index >= 15 is 4.79 Å². The van der Waals surface area contributed by atoms with Crippen LogP contribution in [0.2, 0.25) is 0 Å². The summed E-state index contributed by atoms with van der Waals surface area (Å²) < 4.78 is 19.0. The highest BCUT2D eigenvalue weighted by atomic mass is 16.5. The summed E-state index contributed by atoms with van der Waals surface area (Å²) in [6.45, 7) is 9.61. The fraction of sp³-hybridized carbons (Fsp3) is 0.372. The van der Waals surface area contributed by atoms with Crippen LogP contribution in [-0.4, -0.2) is 71.4 Å². The highest BCUT2D eigenvalue weighted by Crippen LogP contribution is 2.46. The van der Waals surface area contributed by atoms with Crippen LogP contribution in [0.1, 0.15) is 71.7 Å². The summed E-state index contributed by atoms with van der Waals surface area (Å²) in [6, 6.07) is 24.7. The Hall–Kier alpha value is -5.15. The molecule has 0 N–H and O–H groups in total. The number of hydrogen-bond acceptors (Lipinski definition) is 7. The fourth-order valence-corrected chi connectivity index (χ4v) is 7.93. The highest BCUT2D eigenvalue weighted by molar-refractivity contribution is 6.09. The molecule has 1 amide bonds. The Morgan fingerprint density at radius 3 is 2.27 bits per heavy atom. The first-order valence-corrected chi connectivity index (χ1v) is 18.1. The number of allylic oxidation sites excluding steroid dienone is 1. The van der Waals surface area contributed by atoms with Crippen molar-refractivity contribution in [2.75, 3.05) is 41.0 Å². The predicted octanol–water partition coefficient (Wildman–Crippen LogP) is 7.84.